The Morgan fingerprint density at radius 3 is 2.93 bits per heavy atom. The maximum absolute atomic E-state index is 3.59. The van der Waals surface area contributed by atoms with Crippen LogP contribution in [-0.2, 0) is 6.54 Å². The summed E-state index contributed by atoms with van der Waals surface area (Å²) in [5, 5.41) is 3.40. The maximum atomic E-state index is 3.59. The van der Waals surface area contributed by atoms with E-state index >= 15 is 0 Å². The lowest BCUT2D eigenvalue weighted by atomic mass is 10.1. The van der Waals surface area contributed by atoms with Gasteiger partial charge in [-0.25, -0.2) is 0 Å². The number of benzene rings is 1. The normalized spacial score (nSPS) is 21.1. The van der Waals surface area contributed by atoms with Crippen LogP contribution in [0.4, 0.5) is 0 Å². The number of hydrogen-bond acceptors (Lipinski definition) is 2. The van der Waals surface area contributed by atoms with Crippen LogP contribution in [0, 0.1) is 0 Å². The van der Waals surface area contributed by atoms with Gasteiger partial charge in [0.15, 0.2) is 0 Å². The lowest BCUT2D eigenvalue weighted by molar-refractivity contribution is 0.248. The van der Waals surface area contributed by atoms with E-state index in [2.05, 4.69) is 57.5 Å². The molecule has 0 bridgehead atoms. The quantitative estimate of drug-likeness (QED) is 0.905. The molecule has 0 aromatic heterocycles. The molecule has 0 radical (unpaired) electrons. The summed E-state index contributed by atoms with van der Waals surface area (Å²) in [6, 6.07) is 9.14. The monoisotopic (exact) mass is 268 g/mol. The number of nitrogens with one attached hydrogen (secondary N) is 1. The molecule has 1 aliphatic heterocycles. The molecule has 0 aliphatic carbocycles. The summed E-state index contributed by atoms with van der Waals surface area (Å²) >= 11 is 3.59. The first-order chi connectivity index (χ1) is 7.27. The Labute approximate surface area is 99.8 Å². The van der Waals surface area contributed by atoms with Gasteiger partial charge in [-0.3, -0.25) is 4.90 Å². The molecule has 1 fully saturated rings. The van der Waals surface area contributed by atoms with Crippen molar-refractivity contribution in [1.29, 1.82) is 0 Å². The molecule has 2 nitrogen and oxygen atoms in total. The third-order valence-electron chi connectivity index (χ3n) is 3.04. The standard InChI is InChI=1S/C12H17BrN2/c1-15(11-6-7-14-8-11)9-10-4-2-3-5-12(10)13/h2-5,11,14H,6-9H2,1H3. The van der Waals surface area contributed by atoms with E-state index in [-0.39, 0.29) is 0 Å². The van der Waals surface area contributed by atoms with Gasteiger partial charge in [-0.1, -0.05) is 34.1 Å². The average molecular weight is 269 g/mol. The van der Waals surface area contributed by atoms with E-state index in [4.69, 9.17) is 0 Å². The van der Waals surface area contributed by atoms with Crippen molar-refractivity contribution in [3.05, 3.63) is 34.3 Å². The first-order valence-electron chi connectivity index (χ1n) is 5.42. The molecule has 82 valence electrons. The summed E-state index contributed by atoms with van der Waals surface area (Å²) in [5.41, 5.74) is 1.37. The minimum atomic E-state index is 0.692. The summed E-state index contributed by atoms with van der Waals surface area (Å²) < 4.78 is 1.21. The molecule has 0 amide bonds. The molecule has 3 heteroatoms. The number of hydrogen-bond donors (Lipinski definition) is 1. The van der Waals surface area contributed by atoms with Crippen LogP contribution >= 0.6 is 15.9 Å². The van der Waals surface area contributed by atoms with Crippen molar-refractivity contribution >= 4 is 15.9 Å². The van der Waals surface area contributed by atoms with Gasteiger partial charge in [0, 0.05) is 23.6 Å². The second-order valence-electron chi connectivity index (χ2n) is 4.15. The number of nitrogens with zero attached hydrogens (tertiary/aromatic N) is 1. The zero-order valence-corrected chi connectivity index (χ0v) is 10.6. The molecule has 1 atom stereocenters. The zero-order chi connectivity index (χ0) is 10.7. The lowest BCUT2D eigenvalue weighted by Gasteiger charge is -2.23. The topological polar surface area (TPSA) is 15.3 Å². The minimum absolute atomic E-state index is 0.692. The minimum Gasteiger partial charge on any atom is -0.315 e. The number of halogens is 1. The molecule has 0 saturated carbocycles. The smallest absolute Gasteiger partial charge is 0.0245 e. The van der Waals surface area contributed by atoms with E-state index in [0.29, 0.717) is 6.04 Å². The molecule has 1 unspecified atom stereocenters. The van der Waals surface area contributed by atoms with Gasteiger partial charge in [0.05, 0.1) is 0 Å². The zero-order valence-electron chi connectivity index (χ0n) is 9.04. The van der Waals surface area contributed by atoms with Crippen LogP contribution in [0.5, 0.6) is 0 Å². The van der Waals surface area contributed by atoms with Gasteiger partial charge in [-0.2, -0.15) is 0 Å². The van der Waals surface area contributed by atoms with E-state index in [0.717, 1.165) is 19.6 Å². The van der Waals surface area contributed by atoms with Crippen molar-refractivity contribution in [2.24, 2.45) is 0 Å². The Bertz CT molecular complexity index is 321. The molecule has 1 aromatic carbocycles. The van der Waals surface area contributed by atoms with Gasteiger partial charge in [-0.05, 0) is 31.6 Å². The summed E-state index contributed by atoms with van der Waals surface area (Å²) in [6.07, 6.45) is 1.26. The van der Waals surface area contributed by atoms with Gasteiger partial charge in [-0.15, -0.1) is 0 Å². The Balaban J connectivity index is 1.99. The van der Waals surface area contributed by atoms with E-state index in [1.807, 2.05) is 0 Å². The fraction of sp³-hybridized carbons (Fsp3) is 0.500. The molecule has 1 saturated heterocycles. The van der Waals surface area contributed by atoms with Crippen LogP contribution in [0.3, 0.4) is 0 Å². The van der Waals surface area contributed by atoms with Crippen molar-refractivity contribution in [1.82, 2.24) is 10.2 Å². The molecule has 15 heavy (non-hydrogen) atoms. The molecule has 1 aromatic rings. The molecular formula is C12H17BrN2. The predicted octanol–water partition coefficient (Wildman–Crippen LogP) is 2.24. The molecular weight excluding hydrogens is 252 g/mol. The van der Waals surface area contributed by atoms with Crippen LogP contribution < -0.4 is 5.32 Å². The summed E-state index contributed by atoms with van der Waals surface area (Å²) in [4.78, 5) is 2.43. The van der Waals surface area contributed by atoms with E-state index in [1.165, 1.54) is 16.5 Å². The molecule has 1 heterocycles. The number of likely N-dealkylation sites (N-methyl/N-ethyl adjacent to an activating group) is 1. The molecule has 1 aliphatic rings. The van der Waals surface area contributed by atoms with E-state index < -0.39 is 0 Å². The molecule has 0 spiro atoms. The van der Waals surface area contributed by atoms with Gasteiger partial charge < -0.3 is 5.32 Å². The third kappa shape index (κ3) is 2.80. The highest BCUT2D eigenvalue weighted by molar-refractivity contribution is 9.10. The van der Waals surface area contributed by atoms with Crippen molar-refractivity contribution < 1.29 is 0 Å². The molecule has 2 rings (SSSR count). The summed E-state index contributed by atoms with van der Waals surface area (Å²) in [5.74, 6) is 0. The highest BCUT2D eigenvalue weighted by atomic mass is 79.9. The molecule has 1 N–H and O–H groups in total. The SMILES string of the molecule is CN(Cc1ccccc1Br)C1CCNC1. The van der Waals surface area contributed by atoms with Crippen LogP contribution in [-0.4, -0.2) is 31.1 Å². The van der Waals surface area contributed by atoms with Crippen molar-refractivity contribution in [3.8, 4) is 0 Å². The van der Waals surface area contributed by atoms with Crippen molar-refractivity contribution in [2.75, 3.05) is 20.1 Å². The Morgan fingerprint density at radius 1 is 1.47 bits per heavy atom. The van der Waals surface area contributed by atoms with Crippen LogP contribution in [0.2, 0.25) is 0 Å². The largest absolute Gasteiger partial charge is 0.315 e. The fourth-order valence-corrected chi connectivity index (χ4v) is 2.45. The Hall–Kier alpha value is -0.380. The van der Waals surface area contributed by atoms with Gasteiger partial charge in [0.25, 0.3) is 0 Å². The van der Waals surface area contributed by atoms with Crippen molar-refractivity contribution in [2.45, 2.75) is 19.0 Å². The van der Waals surface area contributed by atoms with Crippen LogP contribution in [0.25, 0.3) is 0 Å². The van der Waals surface area contributed by atoms with Crippen molar-refractivity contribution in [3.63, 3.8) is 0 Å². The van der Waals surface area contributed by atoms with Gasteiger partial charge in [0.1, 0.15) is 0 Å². The first-order valence-corrected chi connectivity index (χ1v) is 6.21. The van der Waals surface area contributed by atoms with Crippen LogP contribution in [0.1, 0.15) is 12.0 Å². The maximum Gasteiger partial charge on any atom is 0.0245 e. The second-order valence-corrected chi connectivity index (χ2v) is 5.01. The predicted molar refractivity (Wildman–Crippen MR) is 66.9 cm³/mol. The fourth-order valence-electron chi connectivity index (χ4n) is 2.04. The highest BCUT2D eigenvalue weighted by Gasteiger charge is 2.19. The lowest BCUT2D eigenvalue weighted by Crippen LogP contribution is -2.32. The van der Waals surface area contributed by atoms with Gasteiger partial charge >= 0.3 is 0 Å². The average Bonchev–Trinajstić information content (AvgIpc) is 2.74. The summed E-state index contributed by atoms with van der Waals surface area (Å²) in [7, 11) is 2.21. The Kier molecular flexibility index (Phi) is 3.78. The van der Waals surface area contributed by atoms with Gasteiger partial charge in [0.2, 0.25) is 0 Å². The number of rotatable bonds is 3. The first kappa shape index (κ1) is 11.1. The third-order valence-corrected chi connectivity index (χ3v) is 3.81. The summed E-state index contributed by atoms with van der Waals surface area (Å²) in [6.45, 7) is 3.31. The van der Waals surface area contributed by atoms with Crippen LogP contribution in [0.15, 0.2) is 28.7 Å². The van der Waals surface area contributed by atoms with E-state index in [9.17, 15) is 0 Å². The Morgan fingerprint density at radius 2 is 2.27 bits per heavy atom. The second kappa shape index (κ2) is 5.10. The van der Waals surface area contributed by atoms with E-state index in [1.54, 1.807) is 0 Å². The highest BCUT2D eigenvalue weighted by Crippen LogP contribution is 2.19.